The topological polar surface area (TPSA) is 54.2 Å². The van der Waals surface area contributed by atoms with Crippen molar-refractivity contribution in [2.75, 3.05) is 38.5 Å². The van der Waals surface area contributed by atoms with E-state index in [1.54, 1.807) is 18.0 Å². The van der Waals surface area contributed by atoms with Gasteiger partial charge in [-0.15, -0.1) is 0 Å². The van der Waals surface area contributed by atoms with Crippen molar-refractivity contribution in [2.45, 2.75) is 5.22 Å². The van der Waals surface area contributed by atoms with Crippen molar-refractivity contribution < 1.29 is 4.42 Å². The summed E-state index contributed by atoms with van der Waals surface area (Å²) in [4.78, 5) is 11.0. The minimum absolute atomic E-state index is 0.696. The number of fused-ring (bicyclic) bond motifs is 1. The lowest BCUT2D eigenvalue weighted by molar-refractivity contribution is 0.255. The first-order valence-electron chi connectivity index (χ1n) is 6.19. The molecule has 3 rings (SSSR count). The molecule has 2 aromatic rings. The fourth-order valence-corrected chi connectivity index (χ4v) is 2.83. The predicted octanol–water partition coefficient (Wildman–Crippen LogP) is 1.22. The van der Waals surface area contributed by atoms with Gasteiger partial charge in [-0.2, -0.15) is 4.98 Å². The van der Waals surface area contributed by atoms with Crippen LogP contribution < -0.4 is 5.32 Å². The standard InChI is InChI=1S/C12H16N4OS/c1-2-10-11(14-3-1)15-12(17-10)18-9-8-16-6-4-13-5-7-16/h1-3,13H,4-9H2. The average molecular weight is 264 g/mol. The van der Waals surface area contributed by atoms with Gasteiger partial charge in [0, 0.05) is 44.7 Å². The third-order valence-corrected chi connectivity index (χ3v) is 3.80. The van der Waals surface area contributed by atoms with Crippen LogP contribution in [0.5, 0.6) is 0 Å². The van der Waals surface area contributed by atoms with E-state index < -0.39 is 0 Å². The molecule has 18 heavy (non-hydrogen) atoms. The van der Waals surface area contributed by atoms with E-state index in [9.17, 15) is 0 Å². The summed E-state index contributed by atoms with van der Waals surface area (Å²) in [6, 6.07) is 3.76. The molecule has 0 aromatic carbocycles. The Morgan fingerprint density at radius 3 is 3.11 bits per heavy atom. The van der Waals surface area contributed by atoms with Crippen LogP contribution in [0, 0.1) is 0 Å². The Morgan fingerprint density at radius 1 is 1.39 bits per heavy atom. The Hall–Kier alpha value is -1.11. The summed E-state index contributed by atoms with van der Waals surface area (Å²) in [6.07, 6.45) is 1.74. The Kier molecular flexibility index (Phi) is 3.78. The van der Waals surface area contributed by atoms with Crippen LogP contribution >= 0.6 is 11.8 Å². The first-order valence-corrected chi connectivity index (χ1v) is 7.18. The number of thioether (sulfide) groups is 1. The molecule has 0 saturated carbocycles. The van der Waals surface area contributed by atoms with Crippen LogP contribution in [-0.2, 0) is 0 Å². The molecule has 6 heteroatoms. The van der Waals surface area contributed by atoms with Crippen LogP contribution in [0.15, 0.2) is 28.0 Å². The van der Waals surface area contributed by atoms with Crippen molar-refractivity contribution >= 4 is 23.0 Å². The highest BCUT2D eigenvalue weighted by molar-refractivity contribution is 7.99. The first-order chi connectivity index (χ1) is 8.92. The average Bonchev–Trinajstić information content (AvgIpc) is 2.82. The predicted molar refractivity (Wildman–Crippen MR) is 71.8 cm³/mol. The molecule has 3 heterocycles. The van der Waals surface area contributed by atoms with Gasteiger partial charge < -0.3 is 9.73 Å². The molecular formula is C12H16N4OS. The number of rotatable bonds is 4. The van der Waals surface area contributed by atoms with E-state index in [2.05, 4.69) is 20.2 Å². The molecule has 0 aliphatic carbocycles. The summed E-state index contributed by atoms with van der Waals surface area (Å²) in [5, 5.41) is 4.07. The minimum Gasteiger partial charge on any atom is -0.430 e. The van der Waals surface area contributed by atoms with E-state index in [-0.39, 0.29) is 0 Å². The zero-order valence-corrected chi connectivity index (χ0v) is 10.9. The largest absolute Gasteiger partial charge is 0.430 e. The smallest absolute Gasteiger partial charge is 0.258 e. The lowest BCUT2D eigenvalue weighted by atomic mass is 10.4. The van der Waals surface area contributed by atoms with Crippen LogP contribution in [0.3, 0.4) is 0 Å². The van der Waals surface area contributed by atoms with Crippen molar-refractivity contribution in [3.8, 4) is 0 Å². The van der Waals surface area contributed by atoms with Crippen LogP contribution in [0.2, 0.25) is 0 Å². The number of aromatic nitrogens is 2. The summed E-state index contributed by atoms with van der Waals surface area (Å²) in [5.74, 6) is 1.01. The second-order valence-electron chi connectivity index (χ2n) is 4.25. The quantitative estimate of drug-likeness (QED) is 0.838. The molecule has 0 amide bonds. The molecule has 1 aliphatic heterocycles. The van der Waals surface area contributed by atoms with Gasteiger partial charge in [-0.05, 0) is 12.1 Å². The molecule has 0 atom stereocenters. The normalized spacial score (nSPS) is 17.3. The van der Waals surface area contributed by atoms with Gasteiger partial charge >= 0.3 is 0 Å². The second-order valence-corrected chi connectivity index (χ2v) is 5.29. The van der Waals surface area contributed by atoms with Gasteiger partial charge in [-0.3, -0.25) is 4.90 Å². The van der Waals surface area contributed by atoms with Gasteiger partial charge in [0.2, 0.25) is 0 Å². The summed E-state index contributed by atoms with van der Waals surface area (Å²) in [5.41, 5.74) is 1.46. The zero-order valence-electron chi connectivity index (χ0n) is 10.1. The number of hydrogen-bond donors (Lipinski definition) is 1. The monoisotopic (exact) mass is 264 g/mol. The van der Waals surface area contributed by atoms with Gasteiger partial charge in [0.25, 0.3) is 5.22 Å². The molecular weight excluding hydrogens is 248 g/mol. The van der Waals surface area contributed by atoms with Crippen LogP contribution in [0.25, 0.3) is 11.2 Å². The maximum absolute atomic E-state index is 5.62. The van der Waals surface area contributed by atoms with Crippen molar-refractivity contribution in [2.24, 2.45) is 0 Å². The zero-order chi connectivity index (χ0) is 12.2. The van der Waals surface area contributed by atoms with E-state index in [0.29, 0.717) is 5.65 Å². The number of oxazole rings is 1. The van der Waals surface area contributed by atoms with E-state index in [4.69, 9.17) is 4.42 Å². The van der Waals surface area contributed by atoms with Gasteiger partial charge in [0.15, 0.2) is 11.2 Å². The lowest BCUT2D eigenvalue weighted by Gasteiger charge is -2.26. The SMILES string of the molecule is c1cnc2nc(SCCN3CCNCC3)oc2c1. The second kappa shape index (κ2) is 5.69. The Bertz CT molecular complexity index is 477. The first kappa shape index (κ1) is 12.0. The summed E-state index contributed by atoms with van der Waals surface area (Å²) >= 11 is 1.66. The molecule has 5 nitrogen and oxygen atoms in total. The molecule has 1 aliphatic rings. The summed E-state index contributed by atoms with van der Waals surface area (Å²) < 4.78 is 5.62. The van der Waals surface area contributed by atoms with Crippen molar-refractivity contribution in [3.05, 3.63) is 18.3 Å². The Labute approximate surface area is 110 Å². The number of hydrogen-bond acceptors (Lipinski definition) is 6. The van der Waals surface area contributed by atoms with Crippen molar-refractivity contribution in [1.82, 2.24) is 20.2 Å². The fraction of sp³-hybridized carbons (Fsp3) is 0.500. The van der Waals surface area contributed by atoms with Crippen LogP contribution in [-0.4, -0.2) is 53.3 Å². The van der Waals surface area contributed by atoms with E-state index in [0.717, 1.165) is 49.3 Å². The molecule has 0 unspecified atom stereocenters. The molecule has 0 radical (unpaired) electrons. The molecule has 96 valence electrons. The fourth-order valence-electron chi connectivity index (χ4n) is 2.01. The maximum atomic E-state index is 5.62. The van der Waals surface area contributed by atoms with Gasteiger partial charge in [-0.25, -0.2) is 4.98 Å². The van der Waals surface area contributed by atoms with Crippen LogP contribution in [0.4, 0.5) is 0 Å². The molecule has 1 fully saturated rings. The summed E-state index contributed by atoms with van der Waals surface area (Å²) in [7, 11) is 0. The lowest BCUT2D eigenvalue weighted by Crippen LogP contribution is -2.44. The highest BCUT2D eigenvalue weighted by Gasteiger charge is 2.10. The highest BCUT2D eigenvalue weighted by atomic mass is 32.2. The third-order valence-electron chi connectivity index (χ3n) is 2.99. The van der Waals surface area contributed by atoms with Gasteiger partial charge in [-0.1, -0.05) is 11.8 Å². The minimum atomic E-state index is 0.696. The van der Waals surface area contributed by atoms with Gasteiger partial charge in [0.1, 0.15) is 0 Å². The molecule has 2 aromatic heterocycles. The van der Waals surface area contributed by atoms with E-state index in [1.807, 2.05) is 12.1 Å². The number of nitrogens with one attached hydrogen (secondary N) is 1. The molecule has 0 spiro atoms. The Balaban J connectivity index is 1.53. The van der Waals surface area contributed by atoms with E-state index >= 15 is 0 Å². The maximum Gasteiger partial charge on any atom is 0.258 e. The van der Waals surface area contributed by atoms with Crippen molar-refractivity contribution in [1.29, 1.82) is 0 Å². The number of piperazine rings is 1. The van der Waals surface area contributed by atoms with E-state index in [1.165, 1.54) is 0 Å². The van der Waals surface area contributed by atoms with Crippen molar-refractivity contribution in [3.63, 3.8) is 0 Å². The molecule has 1 N–H and O–H groups in total. The molecule has 0 bridgehead atoms. The Morgan fingerprint density at radius 2 is 2.28 bits per heavy atom. The summed E-state index contributed by atoms with van der Waals surface area (Å²) in [6.45, 7) is 5.54. The van der Waals surface area contributed by atoms with Gasteiger partial charge in [0.05, 0.1) is 0 Å². The third kappa shape index (κ3) is 2.82. The number of nitrogens with zero attached hydrogens (tertiary/aromatic N) is 3. The number of pyridine rings is 1. The van der Waals surface area contributed by atoms with Crippen LogP contribution in [0.1, 0.15) is 0 Å². The molecule has 1 saturated heterocycles. The highest BCUT2D eigenvalue weighted by Crippen LogP contribution is 2.21.